The van der Waals surface area contributed by atoms with Crippen molar-refractivity contribution >= 4 is 16.9 Å². The maximum absolute atomic E-state index is 5.67. The molecule has 0 saturated carbocycles. The number of hydrogen-bond donors (Lipinski definition) is 1. The van der Waals surface area contributed by atoms with Crippen molar-refractivity contribution in [3.05, 3.63) is 42.4 Å². The van der Waals surface area contributed by atoms with Gasteiger partial charge in [-0.25, -0.2) is 4.68 Å². The largest absolute Gasteiger partial charge is 0.382 e. The second-order valence-electron chi connectivity index (χ2n) is 3.85. The first-order chi connectivity index (χ1) is 8.24. The van der Waals surface area contributed by atoms with Gasteiger partial charge in [0.15, 0.2) is 0 Å². The van der Waals surface area contributed by atoms with Gasteiger partial charge in [0.25, 0.3) is 0 Å². The predicted octanol–water partition coefficient (Wildman–Crippen LogP) is 1.71. The molecule has 0 amide bonds. The zero-order valence-electron chi connectivity index (χ0n) is 9.33. The van der Waals surface area contributed by atoms with Crippen molar-refractivity contribution in [2.24, 2.45) is 0 Å². The maximum Gasteiger partial charge on any atom is 0.146 e. The fourth-order valence-electron chi connectivity index (χ4n) is 1.84. The van der Waals surface area contributed by atoms with Gasteiger partial charge in [0, 0.05) is 24.2 Å². The van der Waals surface area contributed by atoms with Gasteiger partial charge in [0.05, 0.1) is 16.7 Å². The monoisotopic (exact) mass is 225 g/mol. The molecule has 0 atom stereocenters. The van der Waals surface area contributed by atoms with Crippen molar-refractivity contribution < 1.29 is 0 Å². The molecule has 2 N–H and O–H groups in total. The molecule has 0 aliphatic carbocycles. The smallest absolute Gasteiger partial charge is 0.146 e. The number of anilines is 1. The molecule has 5 nitrogen and oxygen atoms in total. The molecular weight excluding hydrogens is 214 g/mol. The fraction of sp³-hybridized carbons (Fsp3) is 0.0833. The number of aromatic nitrogens is 4. The van der Waals surface area contributed by atoms with Crippen molar-refractivity contribution in [3.8, 4) is 5.69 Å². The van der Waals surface area contributed by atoms with Gasteiger partial charge in [-0.15, -0.1) is 0 Å². The molecule has 0 unspecified atom stereocenters. The quantitative estimate of drug-likeness (QED) is 0.684. The molecule has 17 heavy (non-hydrogen) atoms. The summed E-state index contributed by atoms with van der Waals surface area (Å²) in [5.41, 5.74) is 9.31. The highest BCUT2D eigenvalue weighted by atomic mass is 15.3. The van der Waals surface area contributed by atoms with Crippen LogP contribution in [-0.4, -0.2) is 19.7 Å². The van der Waals surface area contributed by atoms with Crippen molar-refractivity contribution in [1.82, 2.24) is 19.7 Å². The van der Waals surface area contributed by atoms with E-state index in [2.05, 4.69) is 15.1 Å². The Hall–Kier alpha value is -2.43. The third-order valence-corrected chi connectivity index (χ3v) is 2.60. The van der Waals surface area contributed by atoms with Gasteiger partial charge in [-0.3, -0.25) is 9.97 Å². The molecule has 0 saturated heterocycles. The number of nitrogen functional groups attached to an aromatic ring is 1. The summed E-state index contributed by atoms with van der Waals surface area (Å²) < 4.78 is 1.80. The second kappa shape index (κ2) is 3.55. The van der Waals surface area contributed by atoms with Crippen LogP contribution in [0.3, 0.4) is 0 Å². The molecule has 5 heteroatoms. The Bertz CT molecular complexity index is 686. The van der Waals surface area contributed by atoms with Crippen LogP contribution in [0.25, 0.3) is 16.7 Å². The second-order valence-corrected chi connectivity index (χ2v) is 3.85. The zero-order chi connectivity index (χ0) is 11.8. The molecule has 2 heterocycles. The number of nitrogens with zero attached hydrogens (tertiary/aromatic N) is 4. The van der Waals surface area contributed by atoms with E-state index >= 15 is 0 Å². The number of rotatable bonds is 1. The van der Waals surface area contributed by atoms with Crippen LogP contribution in [0.5, 0.6) is 0 Å². The first-order valence-electron chi connectivity index (χ1n) is 5.27. The van der Waals surface area contributed by atoms with E-state index in [1.165, 1.54) is 0 Å². The van der Waals surface area contributed by atoms with Gasteiger partial charge >= 0.3 is 0 Å². The van der Waals surface area contributed by atoms with E-state index in [4.69, 9.17) is 5.73 Å². The summed E-state index contributed by atoms with van der Waals surface area (Å²) in [4.78, 5) is 8.50. The number of hydrogen-bond acceptors (Lipinski definition) is 4. The molecule has 0 aliphatic rings. The highest BCUT2D eigenvalue weighted by molar-refractivity contribution is 5.76. The lowest BCUT2D eigenvalue weighted by molar-refractivity contribution is 0.852. The topological polar surface area (TPSA) is 69.6 Å². The Labute approximate surface area is 97.9 Å². The lowest BCUT2D eigenvalue weighted by Gasteiger charge is -2.04. The Kier molecular flexibility index (Phi) is 2.04. The number of nitrogens with two attached hydrogens (primary N) is 1. The molecule has 0 spiro atoms. The van der Waals surface area contributed by atoms with Gasteiger partial charge in [0.2, 0.25) is 0 Å². The number of aryl methyl sites for hydroxylation is 1. The standard InChI is InChI=1S/C12H11N5/c1-8-6-12(13)16-17(8)9-2-3-10-11(7-9)15-5-4-14-10/h2-7H,1H3,(H2,13,16). The summed E-state index contributed by atoms with van der Waals surface area (Å²) in [5.74, 6) is 0.516. The average Bonchev–Trinajstić information content (AvgIpc) is 2.68. The summed E-state index contributed by atoms with van der Waals surface area (Å²) in [7, 11) is 0. The van der Waals surface area contributed by atoms with Crippen LogP contribution in [0.1, 0.15) is 5.69 Å². The van der Waals surface area contributed by atoms with Gasteiger partial charge in [0.1, 0.15) is 5.82 Å². The minimum absolute atomic E-state index is 0.516. The van der Waals surface area contributed by atoms with Crippen LogP contribution >= 0.6 is 0 Å². The normalized spacial score (nSPS) is 10.9. The first kappa shape index (κ1) is 9.77. The van der Waals surface area contributed by atoms with Crippen molar-refractivity contribution in [3.63, 3.8) is 0 Å². The molecule has 0 bridgehead atoms. The SMILES string of the molecule is Cc1cc(N)nn1-c1ccc2nccnc2c1. The van der Waals surface area contributed by atoms with Crippen molar-refractivity contribution in [1.29, 1.82) is 0 Å². The van der Waals surface area contributed by atoms with E-state index in [1.54, 1.807) is 17.1 Å². The molecule has 1 aromatic carbocycles. The highest BCUT2D eigenvalue weighted by Gasteiger charge is 2.05. The van der Waals surface area contributed by atoms with Gasteiger partial charge in [-0.1, -0.05) is 0 Å². The van der Waals surface area contributed by atoms with E-state index in [0.717, 1.165) is 22.4 Å². The molecule has 0 aliphatic heterocycles. The van der Waals surface area contributed by atoms with Crippen LogP contribution in [0.2, 0.25) is 0 Å². The highest BCUT2D eigenvalue weighted by Crippen LogP contribution is 2.17. The molecule has 0 fully saturated rings. The Morgan fingerprint density at radius 2 is 1.82 bits per heavy atom. The van der Waals surface area contributed by atoms with Gasteiger partial charge in [-0.2, -0.15) is 5.10 Å². The molecular formula is C12H11N5. The maximum atomic E-state index is 5.67. The molecule has 2 aromatic heterocycles. The van der Waals surface area contributed by atoms with E-state index < -0.39 is 0 Å². The summed E-state index contributed by atoms with van der Waals surface area (Å²) in [6.07, 6.45) is 3.36. The average molecular weight is 225 g/mol. The molecule has 3 aromatic rings. The van der Waals surface area contributed by atoms with E-state index in [1.807, 2.05) is 31.2 Å². The minimum atomic E-state index is 0.516. The van der Waals surface area contributed by atoms with Crippen molar-refractivity contribution in [2.45, 2.75) is 6.92 Å². The Balaban J connectivity index is 2.21. The Morgan fingerprint density at radius 1 is 1.06 bits per heavy atom. The zero-order valence-corrected chi connectivity index (χ0v) is 9.33. The van der Waals surface area contributed by atoms with Gasteiger partial charge in [-0.05, 0) is 25.1 Å². The molecule has 0 radical (unpaired) electrons. The van der Waals surface area contributed by atoms with Crippen LogP contribution in [0.4, 0.5) is 5.82 Å². The van der Waals surface area contributed by atoms with Crippen LogP contribution in [-0.2, 0) is 0 Å². The van der Waals surface area contributed by atoms with Crippen LogP contribution in [0.15, 0.2) is 36.7 Å². The number of fused-ring (bicyclic) bond motifs is 1. The van der Waals surface area contributed by atoms with Crippen LogP contribution < -0.4 is 5.73 Å². The lowest BCUT2D eigenvalue weighted by atomic mass is 10.2. The molecule has 84 valence electrons. The van der Waals surface area contributed by atoms with Crippen molar-refractivity contribution in [2.75, 3.05) is 5.73 Å². The first-order valence-corrected chi connectivity index (χ1v) is 5.27. The summed E-state index contributed by atoms with van der Waals surface area (Å²) >= 11 is 0. The van der Waals surface area contributed by atoms with E-state index in [9.17, 15) is 0 Å². The van der Waals surface area contributed by atoms with E-state index in [0.29, 0.717) is 5.82 Å². The Morgan fingerprint density at radius 3 is 2.53 bits per heavy atom. The fourth-order valence-corrected chi connectivity index (χ4v) is 1.84. The summed E-state index contributed by atoms with van der Waals surface area (Å²) in [6, 6.07) is 7.66. The number of benzene rings is 1. The summed E-state index contributed by atoms with van der Waals surface area (Å²) in [5, 5.41) is 4.23. The third kappa shape index (κ3) is 1.61. The van der Waals surface area contributed by atoms with Crippen LogP contribution in [0, 0.1) is 6.92 Å². The lowest BCUT2D eigenvalue weighted by Crippen LogP contribution is -1.99. The summed E-state index contributed by atoms with van der Waals surface area (Å²) in [6.45, 7) is 1.96. The molecule has 3 rings (SSSR count). The minimum Gasteiger partial charge on any atom is -0.382 e. The predicted molar refractivity (Wildman–Crippen MR) is 65.8 cm³/mol. The van der Waals surface area contributed by atoms with Gasteiger partial charge < -0.3 is 5.73 Å². The third-order valence-electron chi connectivity index (χ3n) is 2.60. The van der Waals surface area contributed by atoms with E-state index in [-0.39, 0.29) is 0 Å².